The van der Waals surface area contributed by atoms with Gasteiger partial charge < -0.3 is 19.6 Å². The van der Waals surface area contributed by atoms with E-state index in [0.717, 1.165) is 10.4 Å². The third kappa shape index (κ3) is 4.88. The molecule has 2 heterocycles. The van der Waals surface area contributed by atoms with Gasteiger partial charge in [-0.05, 0) is 30.3 Å². The van der Waals surface area contributed by atoms with Crippen LogP contribution in [0, 0.1) is 0 Å². The molecule has 33 heavy (non-hydrogen) atoms. The highest BCUT2D eigenvalue weighted by atomic mass is 35.5. The summed E-state index contributed by atoms with van der Waals surface area (Å²) in [5, 5.41) is 4.37. The van der Waals surface area contributed by atoms with E-state index in [1.54, 1.807) is 50.7 Å². The number of fused-ring (bicyclic) bond motifs is 1. The maximum atomic E-state index is 13.4. The van der Waals surface area contributed by atoms with Crippen molar-refractivity contribution in [3.05, 3.63) is 75.1 Å². The molecule has 1 N–H and O–H groups in total. The number of benzene rings is 2. The third-order valence-corrected chi connectivity index (χ3v) is 5.40. The summed E-state index contributed by atoms with van der Waals surface area (Å²) in [4.78, 5) is 28.0. The number of nitrogens with zero attached hydrogens (tertiary/aromatic N) is 3. The average Bonchev–Trinajstić information content (AvgIpc) is 2.81. The van der Waals surface area contributed by atoms with Gasteiger partial charge in [-0.2, -0.15) is 4.98 Å². The molecule has 0 amide bonds. The molecule has 170 valence electrons. The molecule has 0 spiro atoms. The van der Waals surface area contributed by atoms with Crippen molar-refractivity contribution >= 4 is 45.9 Å². The molecule has 2 aromatic heterocycles. The van der Waals surface area contributed by atoms with Crippen LogP contribution < -0.4 is 20.5 Å². The van der Waals surface area contributed by atoms with Gasteiger partial charge in [-0.3, -0.25) is 4.79 Å². The van der Waals surface area contributed by atoms with Crippen molar-refractivity contribution in [2.45, 2.75) is 0 Å². The summed E-state index contributed by atoms with van der Waals surface area (Å²) < 4.78 is 11.4. The molecule has 0 saturated carbocycles. The lowest BCUT2D eigenvalue weighted by molar-refractivity contribution is 0.0584. The first-order valence-corrected chi connectivity index (χ1v) is 10.7. The van der Waals surface area contributed by atoms with Gasteiger partial charge in [0.2, 0.25) is 5.95 Å². The largest absolute Gasteiger partial charge is 0.497 e. The van der Waals surface area contributed by atoms with Crippen molar-refractivity contribution in [2.24, 2.45) is 0 Å². The third-order valence-electron chi connectivity index (χ3n) is 4.77. The van der Waals surface area contributed by atoms with E-state index in [4.69, 9.17) is 37.5 Å². The van der Waals surface area contributed by atoms with Crippen molar-refractivity contribution in [2.75, 3.05) is 32.8 Å². The van der Waals surface area contributed by atoms with Crippen molar-refractivity contribution in [1.82, 2.24) is 14.7 Å². The SMILES string of the molecule is COCCOn1c(=O)c(-c2c(Cl)cccc2Cl)cc2cnc(Nc3cccc(OC)c3)nc21. The van der Waals surface area contributed by atoms with E-state index in [-0.39, 0.29) is 30.4 Å². The van der Waals surface area contributed by atoms with Crippen LogP contribution in [0.3, 0.4) is 0 Å². The highest BCUT2D eigenvalue weighted by Gasteiger charge is 2.18. The Hall–Kier alpha value is -3.33. The van der Waals surface area contributed by atoms with E-state index < -0.39 is 5.56 Å². The molecule has 0 unspecified atom stereocenters. The van der Waals surface area contributed by atoms with Crippen molar-refractivity contribution < 1.29 is 14.3 Å². The Bertz CT molecular complexity index is 1340. The van der Waals surface area contributed by atoms with Crippen LogP contribution >= 0.6 is 23.2 Å². The number of nitrogens with one attached hydrogen (secondary N) is 1. The number of hydrogen-bond donors (Lipinski definition) is 1. The van der Waals surface area contributed by atoms with Crippen molar-refractivity contribution in [1.29, 1.82) is 0 Å². The van der Waals surface area contributed by atoms with Crippen LogP contribution in [0.15, 0.2) is 59.5 Å². The smallest absolute Gasteiger partial charge is 0.293 e. The van der Waals surface area contributed by atoms with Gasteiger partial charge in [-0.25, -0.2) is 4.98 Å². The van der Waals surface area contributed by atoms with E-state index in [2.05, 4.69) is 15.3 Å². The highest BCUT2D eigenvalue weighted by Crippen LogP contribution is 2.33. The molecule has 0 aliphatic carbocycles. The zero-order chi connectivity index (χ0) is 23.4. The number of ether oxygens (including phenoxy) is 2. The molecule has 10 heteroatoms. The maximum absolute atomic E-state index is 13.4. The minimum Gasteiger partial charge on any atom is -0.497 e. The van der Waals surface area contributed by atoms with Crippen LogP contribution in [-0.2, 0) is 4.74 Å². The fourth-order valence-electron chi connectivity index (χ4n) is 3.23. The maximum Gasteiger partial charge on any atom is 0.293 e. The molecule has 0 aliphatic rings. The lowest BCUT2D eigenvalue weighted by Crippen LogP contribution is -2.31. The summed E-state index contributed by atoms with van der Waals surface area (Å²) in [6, 6.07) is 14.0. The van der Waals surface area contributed by atoms with Gasteiger partial charge in [0.25, 0.3) is 5.56 Å². The molecular formula is C23H20Cl2N4O4. The Morgan fingerprint density at radius 3 is 2.52 bits per heavy atom. The molecule has 2 aromatic carbocycles. The Morgan fingerprint density at radius 2 is 1.79 bits per heavy atom. The van der Waals surface area contributed by atoms with Gasteiger partial charge in [0.15, 0.2) is 5.65 Å². The number of methoxy groups -OCH3 is 2. The van der Waals surface area contributed by atoms with Gasteiger partial charge in [-0.15, -0.1) is 4.73 Å². The predicted octanol–water partition coefficient (Wildman–Crippen LogP) is 4.59. The molecule has 0 atom stereocenters. The summed E-state index contributed by atoms with van der Waals surface area (Å²) in [7, 11) is 3.13. The Labute approximate surface area is 199 Å². The number of halogens is 2. The van der Waals surface area contributed by atoms with E-state index in [1.165, 1.54) is 0 Å². The highest BCUT2D eigenvalue weighted by molar-refractivity contribution is 6.39. The van der Waals surface area contributed by atoms with Crippen LogP contribution in [-0.4, -0.2) is 42.1 Å². The minimum atomic E-state index is -0.459. The van der Waals surface area contributed by atoms with Gasteiger partial charge in [0, 0.05) is 36.0 Å². The quantitative estimate of drug-likeness (QED) is 0.364. The Morgan fingerprint density at radius 1 is 1.03 bits per heavy atom. The Kier molecular flexibility index (Phi) is 6.98. The summed E-state index contributed by atoms with van der Waals surface area (Å²) in [5.74, 6) is 0.963. The molecular weight excluding hydrogens is 467 g/mol. The van der Waals surface area contributed by atoms with Gasteiger partial charge in [-0.1, -0.05) is 35.3 Å². The van der Waals surface area contributed by atoms with Crippen LogP contribution in [0.25, 0.3) is 22.2 Å². The first-order valence-electron chi connectivity index (χ1n) is 9.92. The molecule has 0 aliphatic heterocycles. The van der Waals surface area contributed by atoms with Crippen LogP contribution in [0.2, 0.25) is 10.0 Å². The van der Waals surface area contributed by atoms with Crippen LogP contribution in [0.5, 0.6) is 5.75 Å². The monoisotopic (exact) mass is 486 g/mol. The van der Waals surface area contributed by atoms with Crippen molar-refractivity contribution in [3.63, 3.8) is 0 Å². The van der Waals surface area contributed by atoms with Crippen LogP contribution in [0.4, 0.5) is 11.6 Å². The number of rotatable bonds is 8. The second kappa shape index (κ2) is 10.1. The first kappa shape index (κ1) is 22.8. The molecule has 4 rings (SSSR count). The number of aromatic nitrogens is 3. The van der Waals surface area contributed by atoms with E-state index in [9.17, 15) is 4.79 Å². The van der Waals surface area contributed by atoms with Gasteiger partial charge in [0.05, 0.1) is 29.3 Å². The summed E-state index contributed by atoms with van der Waals surface area (Å²) in [6.45, 7) is 0.416. The second-order valence-electron chi connectivity index (χ2n) is 6.91. The van der Waals surface area contributed by atoms with Crippen molar-refractivity contribution in [3.8, 4) is 16.9 Å². The first-order chi connectivity index (χ1) is 16.0. The normalized spacial score (nSPS) is 10.9. The van der Waals surface area contributed by atoms with E-state index >= 15 is 0 Å². The van der Waals surface area contributed by atoms with Gasteiger partial charge in [0.1, 0.15) is 12.4 Å². The predicted molar refractivity (Wildman–Crippen MR) is 129 cm³/mol. The van der Waals surface area contributed by atoms with Crippen LogP contribution in [0.1, 0.15) is 0 Å². The average molecular weight is 487 g/mol. The van der Waals surface area contributed by atoms with Gasteiger partial charge >= 0.3 is 0 Å². The summed E-state index contributed by atoms with van der Waals surface area (Å²) in [5.41, 5.74) is 1.23. The molecule has 0 fully saturated rings. The standard InChI is InChI=1S/C23H20Cl2N4O4/c1-31-9-10-33-29-21-14(11-17(22(29)30)20-18(24)7-4-8-19(20)25)13-26-23(28-21)27-15-5-3-6-16(12-15)32-2/h3-8,11-13H,9-10H2,1-2H3,(H,26,27,28). The topological polar surface area (TPSA) is 87.5 Å². The second-order valence-corrected chi connectivity index (χ2v) is 7.72. The number of pyridine rings is 1. The molecule has 0 radical (unpaired) electrons. The molecule has 4 aromatic rings. The fraction of sp³-hybridized carbons (Fsp3) is 0.174. The lowest BCUT2D eigenvalue weighted by Gasteiger charge is -2.15. The molecule has 8 nitrogen and oxygen atoms in total. The zero-order valence-corrected chi connectivity index (χ0v) is 19.4. The summed E-state index contributed by atoms with van der Waals surface area (Å²) in [6.07, 6.45) is 1.59. The minimum absolute atomic E-state index is 0.133. The molecule has 0 bridgehead atoms. The lowest BCUT2D eigenvalue weighted by atomic mass is 10.1. The number of anilines is 2. The van der Waals surface area contributed by atoms with E-state index in [1.807, 2.05) is 18.2 Å². The summed E-state index contributed by atoms with van der Waals surface area (Å²) >= 11 is 12.7. The van der Waals surface area contributed by atoms with E-state index in [0.29, 0.717) is 26.7 Å². The number of hydrogen-bond acceptors (Lipinski definition) is 7. The fourth-order valence-corrected chi connectivity index (χ4v) is 3.83. The molecule has 0 saturated heterocycles. The zero-order valence-electron chi connectivity index (χ0n) is 17.8. The Balaban J connectivity index is 1.84.